The highest BCUT2D eigenvalue weighted by molar-refractivity contribution is 5.94. The molecule has 2 atom stereocenters. The number of unbranched alkanes of at least 4 members (excludes halogenated alkanes) is 1. The first kappa shape index (κ1) is 41.9. The van der Waals surface area contributed by atoms with Crippen molar-refractivity contribution in [2.45, 2.75) is 64.0 Å². The van der Waals surface area contributed by atoms with E-state index in [1.807, 2.05) is 13.0 Å². The number of amides is 6. The van der Waals surface area contributed by atoms with Gasteiger partial charge in [-0.1, -0.05) is 17.7 Å². The van der Waals surface area contributed by atoms with E-state index < -0.39 is 73.1 Å². The van der Waals surface area contributed by atoms with Crippen LogP contribution < -0.4 is 32.3 Å². The standard InChI is InChI=1S/C31H46N6O12/c1-20-5-4-6-21(17-20)29(44)33-12-3-2-7-23(31(46)47)37-27(41)19-35-30(45)22(8-9-28(42)43)36-26(40)18-34-25(39)11-14-49-16-15-48-13-10-24(32)38/h4-6,17,22-23H,2-3,7-16,18-19H2,1H3,(H2,32,38)(H,33,44)(H,34,39)(H,35,45)(H,36,40)(H,37,41)(H,42,43)(H,46,47). The third-order valence-electron chi connectivity index (χ3n) is 6.62. The van der Waals surface area contributed by atoms with Crippen LogP contribution in [0.3, 0.4) is 0 Å². The lowest BCUT2D eigenvalue weighted by atomic mass is 10.1. The summed E-state index contributed by atoms with van der Waals surface area (Å²) in [6.07, 6.45) is 0.0321. The van der Waals surface area contributed by atoms with Crippen molar-refractivity contribution in [2.24, 2.45) is 5.73 Å². The number of nitrogens with one attached hydrogen (secondary N) is 5. The summed E-state index contributed by atoms with van der Waals surface area (Å²) in [7, 11) is 0. The fourth-order valence-corrected chi connectivity index (χ4v) is 4.07. The van der Waals surface area contributed by atoms with Crippen molar-refractivity contribution in [3.8, 4) is 0 Å². The van der Waals surface area contributed by atoms with Gasteiger partial charge in [0, 0.05) is 31.4 Å². The molecule has 18 nitrogen and oxygen atoms in total. The van der Waals surface area contributed by atoms with Gasteiger partial charge in [-0.25, -0.2) is 4.79 Å². The number of benzene rings is 1. The van der Waals surface area contributed by atoms with Crippen LogP contribution in [0.4, 0.5) is 0 Å². The number of ether oxygens (including phenoxy) is 2. The van der Waals surface area contributed by atoms with E-state index >= 15 is 0 Å². The van der Waals surface area contributed by atoms with Gasteiger partial charge in [0.25, 0.3) is 5.91 Å². The molecule has 0 aromatic heterocycles. The average molecular weight is 695 g/mol. The molecule has 0 spiro atoms. The summed E-state index contributed by atoms with van der Waals surface area (Å²) in [6, 6.07) is 4.41. The number of carbonyl (C=O) groups is 8. The van der Waals surface area contributed by atoms with Crippen LogP contribution >= 0.6 is 0 Å². The lowest BCUT2D eigenvalue weighted by Crippen LogP contribution is -2.52. The summed E-state index contributed by atoms with van der Waals surface area (Å²) in [5.74, 6) is -6.34. The van der Waals surface area contributed by atoms with Gasteiger partial charge in [0.15, 0.2) is 0 Å². The molecule has 2 unspecified atom stereocenters. The molecule has 0 heterocycles. The maximum atomic E-state index is 12.7. The number of rotatable bonds is 26. The number of aryl methyl sites for hydroxylation is 1. The van der Waals surface area contributed by atoms with Gasteiger partial charge < -0.3 is 52.0 Å². The largest absolute Gasteiger partial charge is 0.481 e. The van der Waals surface area contributed by atoms with E-state index in [1.54, 1.807) is 18.2 Å². The molecular weight excluding hydrogens is 648 g/mol. The molecule has 0 aliphatic heterocycles. The SMILES string of the molecule is Cc1cccc(C(=O)NCCCCC(NC(=O)CNC(=O)C(CCC(=O)O)NC(=O)CNC(=O)CCOCCOCCC(N)=O)C(=O)O)c1. The molecule has 0 saturated heterocycles. The van der Waals surface area contributed by atoms with E-state index in [-0.39, 0.29) is 58.0 Å². The van der Waals surface area contributed by atoms with E-state index in [0.29, 0.717) is 24.9 Å². The van der Waals surface area contributed by atoms with E-state index in [2.05, 4.69) is 26.6 Å². The Bertz CT molecular complexity index is 1290. The molecule has 49 heavy (non-hydrogen) atoms. The van der Waals surface area contributed by atoms with Crippen molar-refractivity contribution in [3.63, 3.8) is 0 Å². The maximum Gasteiger partial charge on any atom is 0.326 e. The first-order valence-electron chi connectivity index (χ1n) is 15.6. The second-order valence-corrected chi connectivity index (χ2v) is 10.8. The molecule has 0 aliphatic rings. The molecule has 0 saturated carbocycles. The lowest BCUT2D eigenvalue weighted by molar-refractivity contribution is -0.142. The quantitative estimate of drug-likeness (QED) is 0.0506. The second kappa shape index (κ2) is 24.1. The molecule has 0 aliphatic carbocycles. The molecule has 0 fully saturated rings. The minimum Gasteiger partial charge on any atom is -0.481 e. The Morgan fingerprint density at radius 1 is 0.735 bits per heavy atom. The van der Waals surface area contributed by atoms with Crippen LogP contribution in [0.25, 0.3) is 0 Å². The summed E-state index contributed by atoms with van der Waals surface area (Å²) in [5, 5.41) is 30.5. The summed E-state index contributed by atoms with van der Waals surface area (Å²) < 4.78 is 10.3. The zero-order valence-electron chi connectivity index (χ0n) is 27.4. The van der Waals surface area contributed by atoms with Crippen LogP contribution in [0.15, 0.2) is 24.3 Å². The molecule has 18 heteroatoms. The van der Waals surface area contributed by atoms with Gasteiger partial charge in [0.2, 0.25) is 29.5 Å². The Hall–Kier alpha value is -5.10. The number of aliphatic carboxylic acids is 2. The summed E-state index contributed by atoms with van der Waals surface area (Å²) >= 11 is 0. The van der Waals surface area contributed by atoms with Crippen molar-refractivity contribution in [1.82, 2.24) is 26.6 Å². The van der Waals surface area contributed by atoms with Crippen molar-refractivity contribution in [3.05, 3.63) is 35.4 Å². The third-order valence-corrected chi connectivity index (χ3v) is 6.62. The van der Waals surface area contributed by atoms with Gasteiger partial charge in [0.05, 0.1) is 39.5 Å². The number of carboxylic acids is 2. The van der Waals surface area contributed by atoms with Crippen molar-refractivity contribution in [1.29, 1.82) is 0 Å². The van der Waals surface area contributed by atoms with Crippen molar-refractivity contribution >= 4 is 47.4 Å². The molecule has 6 amide bonds. The molecular formula is C31H46N6O12. The average Bonchev–Trinajstić information content (AvgIpc) is 3.04. The molecule has 9 N–H and O–H groups in total. The van der Waals surface area contributed by atoms with E-state index in [4.69, 9.17) is 20.3 Å². The van der Waals surface area contributed by atoms with E-state index in [1.165, 1.54) is 0 Å². The number of nitrogens with two attached hydrogens (primary N) is 1. The Labute approximate surface area is 283 Å². The summed E-state index contributed by atoms with van der Waals surface area (Å²) in [5.41, 5.74) is 6.43. The molecule has 0 bridgehead atoms. The second-order valence-electron chi connectivity index (χ2n) is 10.8. The fourth-order valence-electron chi connectivity index (χ4n) is 4.07. The predicted molar refractivity (Wildman–Crippen MR) is 172 cm³/mol. The highest BCUT2D eigenvalue weighted by Gasteiger charge is 2.24. The zero-order valence-corrected chi connectivity index (χ0v) is 27.4. The molecule has 1 aromatic rings. The highest BCUT2D eigenvalue weighted by atomic mass is 16.5. The number of hydrogen-bond donors (Lipinski definition) is 8. The van der Waals surface area contributed by atoms with Crippen LogP contribution in [0.2, 0.25) is 0 Å². The predicted octanol–water partition coefficient (Wildman–Crippen LogP) is -1.65. The summed E-state index contributed by atoms with van der Waals surface area (Å²) in [6.45, 7) is 1.51. The maximum absolute atomic E-state index is 12.7. The molecule has 272 valence electrons. The fraction of sp³-hybridized carbons (Fsp3) is 0.548. The Morgan fingerprint density at radius 2 is 1.37 bits per heavy atom. The van der Waals surface area contributed by atoms with Crippen LogP contribution in [-0.2, 0) is 43.0 Å². The number of hydrogen-bond acceptors (Lipinski definition) is 10. The number of primary amides is 1. The van der Waals surface area contributed by atoms with Gasteiger partial charge in [0.1, 0.15) is 12.1 Å². The Balaban J connectivity index is 2.43. The van der Waals surface area contributed by atoms with Crippen LogP contribution in [0.1, 0.15) is 60.9 Å². The number of carbonyl (C=O) groups excluding carboxylic acids is 6. The molecule has 1 aromatic carbocycles. The normalized spacial score (nSPS) is 11.8. The van der Waals surface area contributed by atoms with Gasteiger partial charge in [-0.15, -0.1) is 0 Å². The first-order chi connectivity index (χ1) is 23.3. The molecule has 0 radical (unpaired) electrons. The zero-order chi connectivity index (χ0) is 36.6. The van der Waals surface area contributed by atoms with Gasteiger partial charge in [-0.05, 0) is 44.7 Å². The molecule has 1 rings (SSSR count). The van der Waals surface area contributed by atoms with Crippen molar-refractivity contribution < 1.29 is 58.0 Å². The van der Waals surface area contributed by atoms with Gasteiger partial charge in [-0.2, -0.15) is 0 Å². The Kier molecular flexibility index (Phi) is 20.6. The van der Waals surface area contributed by atoms with E-state index in [0.717, 1.165) is 5.56 Å². The third kappa shape index (κ3) is 20.7. The topological polar surface area (TPSA) is 282 Å². The monoisotopic (exact) mass is 694 g/mol. The minimum atomic E-state index is -1.36. The number of carboxylic acid groups (broad SMARTS) is 2. The van der Waals surface area contributed by atoms with Gasteiger partial charge in [-0.3, -0.25) is 33.6 Å². The first-order valence-corrected chi connectivity index (χ1v) is 15.6. The summed E-state index contributed by atoms with van der Waals surface area (Å²) in [4.78, 5) is 95.0. The highest BCUT2D eigenvalue weighted by Crippen LogP contribution is 2.05. The smallest absolute Gasteiger partial charge is 0.326 e. The van der Waals surface area contributed by atoms with Gasteiger partial charge >= 0.3 is 11.9 Å². The lowest BCUT2D eigenvalue weighted by Gasteiger charge is -2.19. The van der Waals surface area contributed by atoms with Crippen LogP contribution in [0, 0.1) is 6.92 Å². The van der Waals surface area contributed by atoms with Crippen molar-refractivity contribution in [2.75, 3.05) is 46.1 Å². The van der Waals surface area contributed by atoms with E-state index in [9.17, 15) is 43.5 Å². The van der Waals surface area contributed by atoms with Crippen LogP contribution in [0.5, 0.6) is 0 Å². The minimum absolute atomic E-state index is 0.0216. The van der Waals surface area contributed by atoms with Crippen LogP contribution in [-0.4, -0.2) is 116 Å². The Morgan fingerprint density at radius 3 is 1.98 bits per heavy atom.